The molecule has 4 saturated heterocycles. The van der Waals surface area contributed by atoms with Gasteiger partial charge in [0.1, 0.15) is 69.4 Å². The number of para-hydroxylation sites is 2. The summed E-state index contributed by atoms with van der Waals surface area (Å²) in [5.41, 5.74) is 18.6. The fourth-order valence-corrected chi connectivity index (χ4v) is 16.6. The van der Waals surface area contributed by atoms with E-state index in [1.807, 2.05) is 18.3 Å². The van der Waals surface area contributed by atoms with Crippen molar-refractivity contribution in [2.24, 2.45) is 4.99 Å². The molecule has 558 valence electrons. The van der Waals surface area contributed by atoms with E-state index in [1.165, 1.54) is 70.4 Å². The summed E-state index contributed by atoms with van der Waals surface area (Å²) >= 11 is 6.39. The summed E-state index contributed by atoms with van der Waals surface area (Å²) < 4.78 is 28.3. The van der Waals surface area contributed by atoms with Gasteiger partial charge in [0.25, 0.3) is 0 Å². The molecule has 6 fully saturated rings. The molecule has 0 spiro atoms. The molecule has 2 saturated carbocycles. The number of nitrogens with one attached hydrogen (secondary N) is 1. The van der Waals surface area contributed by atoms with E-state index in [0.717, 1.165) is 139 Å². The third-order valence-corrected chi connectivity index (χ3v) is 22.7. The molecule has 13 nitrogen and oxygen atoms in total. The smallest absolute Gasteiger partial charge is 0.244 e. The second-order valence-electron chi connectivity index (χ2n) is 31.8. The molecule has 18 rings (SSSR count). The molecule has 7 aromatic carbocycles. The zero-order chi connectivity index (χ0) is 72.6. The normalized spacial score (nSPS) is 19.7. The van der Waals surface area contributed by atoms with Crippen molar-refractivity contribution in [3.05, 3.63) is 261 Å². The Morgan fingerprint density at radius 3 is 1.61 bits per heavy atom. The third-order valence-electron chi connectivity index (χ3n) is 22.5. The highest BCUT2D eigenvalue weighted by Crippen LogP contribution is 2.48. The van der Waals surface area contributed by atoms with Gasteiger partial charge < -0.3 is 41.6 Å². The maximum absolute atomic E-state index is 6.41. The van der Waals surface area contributed by atoms with Crippen molar-refractivity contribution in [3.63, 3.8) is 0 Å². The Labute approximate surface area is 646 Å². The number of pyridine rings is 2. The van der Waals surface area contributed by atoms with Crippen molar-refractivity contribution in [1.82, 2.24) is 25.1 Å². The molecule has 1 N–H and O–H groups in total. The van der Waals surface area contributed by atoms with Crippen molar-refractivity contribution in [2.45, 2.75) is 199 Å². The fourth-order valence-electron chi connectivity index (χ4n) is 16.4. The number of fused-ring (bicyclic) bond motifs is 6. The second-order valence-corrected chi connectivity index (χ2v) is 32.2. The molecule has 0 amide bonds. The Hall–Kier alpha value is -8.69. The van der Waals surface area contributed by atoms with Crippen LogP contribution in [0, 0.1) is 0 Å². The lowest BCUT2D eigenvalue weighted by Crippen LogP contribution is -3.00. The quantitative estimate of drug-likeness (QED) is 0.0537. The predicted molar refractivity (Wildman–Crippen MR) is 434 cm³/mol. The second kappa shape index (κ2) is 32.6. The fraction of sp³-hybridized carbons (Fsp3) is 0.402. The molecule has 2 aliphatic carbocycles. The van der Waals surface area contributed by atoms with Gasteiger partial charge in [-0.25, -0.2) is 24.1 Å². The summed E-state index contributed by atoms with van der Waals surface area (Å²) in [7, 11) is 0. The average Bonchev–Trinajstić information content (AvgIpc) is 1.61. The van der Waals surface area contributed by atoms with Gasteiger partial charge in [0.05, 0.1) is 56.3 Å². The van der Waals surface area contributed by atoms with E-state index < -0.39 is 5.54 Å². The summed E-state index contributed by atoms with van der Waals surface area (Å²) in [5, 5.41) is 10.3. The number of aliphatic imine (C=N–C) groups is 1. The minimum atomic E-state index is -0.748. The molecular formula is C92H107Cl2N9O4. The maximum atomic E-state index is 6.41. The molecule has 8 aliphatic rings. The summed E-state index contributed by atoms with van der Waals surface area (Å²) in [4.78, 5) is 18.8. The largest absolute Gasteiger partial charge is 1.00 e. The maximum Gasteiger partial charge on any atom is 0.244 e. The van der Waals surface area contributed by atoms with Crippen LogP contribution in [0.5, 0.6) is 11.5 Å². The highest BCUT2D eigenvalue weighted by atomic mass is 35.5. The lowest BCUT2D eigenvalue weighted by molar-refractivity contribution is -0.425. The van der Waals surface area contributed by atoms with E-state index in [0.29, 0.717) is 53.0 Å². The number of nitrogens with zero attached hydrogens (tertiary/aromatic N) is 8. The van der Waals surface area contributed by atoms with Crippen molar-refractivity contribution in [3.8, 4) is 22.8 Å². The topological polar surface area (TPSA) is 114 Å². The number of rotatable bonds is 17. The van der Waals surface area contributed by atoms with Crippen molar-refractivity contribution >= 4 is 51.7 Å². The zero-order valence-corrected chi connectivity index (χ0v) is 64.8. The van der Waals surface area contributed by atoms with Gasteiger partial charge in [0.2, 0.25) is 6.34 Å². The van der Waals surface area contributed by atoms with Gasteiger partial charge in [-0.1, -0.05) is 208 Å². The first kappa shape index (κ1) is 76.5. The van der Waals surface area contributed by atoms with Gasteiger partial charge in [-0.15, -0.1) is 0 Å². The van der Waals surface area contributed by atoms with E-state index in [1.54, 1.807) is 6.20 Å². The van der Waals surface area contributed by atoms with Crippen LogP contribution in [0.3, 0.4) is 0 Å². The van der Waals surface area contributed by atoms with Crippen LogP contribution >= 0.6 is 11.6 Å². The van der Waals surface area contributed by atoms with Crippen LogP contribution in [0.1, 0.15) is 207 Å². The molecule has 0 radical (unpaired) electrons. The van der Waals surface area contributed by atoms with Crippen LogP contribution in [-0.2, 0) is 21.6 Å². The molecule has 3 aromatic heterocycles. The van der Waals surface area contributed by atoms with Crippen molar-refractivity contribution < 1.29 is 35.9 Å². The first-order valence-electron chi connectivity index (χ1n) is 38.6. The lowest BCUT2D eigenvalue weighted by atomic mass is 9.77. The van der Waals surface area contributed by atoms with Crippen LogP contribution in [0.25, 0.3) is 22.2 Å². The molecular weight excluding hydrogens is 1370 g/mol. The Kier molecular flexibility index (Phi) is 23.3. The first-order chi connectivity index (χ1) is 50.9. The number of anilines is 2. The number of hydrogen-bond donors (Lipinski definition) is 1. The average molecular weight is 1470 g/mol. The van der Waals surface area contributed by atoms with Crippen LogP contribution < -0.4 is 37.0 Å². The van der Waals surface area contributed by atoms with Crippen LogP contribution in [0.2, 0.25) is 5.15 Å². The molecule has 4 bridgehead atoms. The number of benzene rings is 7. The van der Waals surface area contributed by atoms with Gasteiger partial charge >= 0.3 is 0 Å². The van der Waals surface area contributed by atoms with Crippen molar-refractivity contribution in [2.75, 3.05) is 49.3 Å². The van der Waals surface area contributed by atoms with E-state index >= 15 is 0 Å². The predicted octanol–water partition coefficient (Wildman–Crippen LogP) is 17.4. The van der Waals surface area contributed by atoms with E-state index in [9.17, 15) is 0 Å². The number of aromatic nitrogens is 4. The van der Waals surface area contributed by atoms with Gasteiger partial charge in [0.15, 0.2) is 0 Å². The molecule has 4 unspecified atom stereocenters. The summed E-state index contributed by atoms with van der Waals surface area (Å²) in [6.07, 6.45) is 15.5. The number of halogens is 2. The van der Waals surface area contributed by atoms with Gasteiger partial charge in [-0.05, 0) is 166 Å². The minimum absolute atomic E-state index is 0. The monoisotopic (exact) mass is 1470 g/mol. The van der Waals surface area contributed by atoms with Gasteiger partial charge in [-0.3, -0.25) is 4.99 Å². The van der Waals surface area contributed by atoms with E-state index in [2.05, 4.69) is 281 Å². The van der Waals surface area contributed by atoms with E-state index in [4.69, 9.17) is 45.6 Å². The van der Waals surface area contributed by atoms with Crippen LogP contribution in [0.4, 0.5) is 17.2 Å². The Morgan fingerprint density at radius 1 is 0.561 bits per heavy atom. The molecule has 107 heavy (non-hydrogen) atoms. The molecule has 9 heterocycles. The first-order valence-corrected chi connectivity index (χ1v) is 39.0. The van der Waals surface area contributed by atoms with Gasteiger partial charge in [0, 0.05) is 68.8 Å². The Balaban J connectivity index is 0.000000135. The molecule has 4 atom stereocenters. The van der Waals surface area contributed by atoms with Crippen LogP contribution in [-0.4, -0.2) is 111 Å². The summed E-state index contributed by atoms with van der Waals surface area (Å²) in [6, 6.07) is 68.7. The third kappa shape index (κ3) is 16.2. The zero-order valence-electron chi connectivity index (χ0n) is 63.3. The van der Waals surface area contributed by atoms with Crippen molar-refractivity contribution in [1.29, 1.82) is 0 Å². The Morgan fingerprint density at radius 2 is 1.07 bits per heavy atom. The highest BCUT2D eigenvalue weighted by molar-refractivity contribution is 6.29. The number of ether oxygens (including phenoxy) is 4. The molecule has 6 aliphatic heterocycles. The minimum Gasteiger partial charge on any atom is -1.00 e. The molecule has 15 heteroatoms. The van der Waals surface area contributed by atoms with Crippen LogP contribution in [0.15, 0.2) is 205 Å². The Bertz CT molecular complexity index is 4600. The standard InChI is InChI=1S/C35H28ClN3O.C27H39N2.C23H25N3O2.C6H11NO.CH4.ClH/c1-34(20-21-34)40-29-17-18-31-30(24-29)33(25-19-22-37-32(36)23-25)38-39(31)35(26-11-5-2-6-12-26,27-13-7-3-8-14-27)28-15-9-4-10-16-28;1-18(2)22-11-9-12-23(19(3)4)26(22)28-15-16-29(17-28)27-24(20(5)6)13-10-14-25(27)21(7)8;1-23(7-8-23)28-19-5-2-16-12-25-22(20(16)11-19)15-6-9-24-21(10-15)26-17-3-4-18(26)14-27-13-17;1-2-6-4-8-3-5(1)7-6;;/h2-19,22-24H,20-21H2,1H3;9-14,17-21H,15-16H2,1-8H3;2,5-6,9-11,17-18H,3-4,7-8,12-14H2,1H3;5-7H,1-4H2;1H4;1H/q;+1;;;;/p-1. The SMILES string of the molecule is C.C1CC2COCC1N2.CC(C)c1cccc(C(C)C)c1N1C=[N+](c2c(C(C)C)cccc2C(C)C)CC1.CC1(Oc2ccc3c(c2)C(c2ccnc(N4C5CCC4COC5)c2)=NC3)CC1.CC1(Oc2ccc3c(c2)c(-c2ccnc(Cl)c2)nn3C(c2ccccc2)(c2ccccc2)c2ccccc2)CC1.[Cl-]. The summed E-state index contributed by atoms with van der Waals surface area (Å²) in [5.74, 6) is 4.91. The number of hydrogen-bond acceptors (Lipinski definition) is 11. The molecule has 10 aromatic rings. The number of morpholine rings is 2. The highest BCUT2D eigenvalue weighted by Gasteiger charge is 2.44. The summed E-state index contributed by atoms with van der Waals surface area (Å²) in [6.45, 7) is 29.1. The van der Waals surface area contributed by atoms with E-state index in [-0.39, 0.29) is 31.0 Å². The van der Waals surface area contributed by atoms with Gasteiger partial charge in [-0.2, -0.15) is 5.10 Å². The lowest BCUT2D eigenvalue weighted by Gasteiger charge is -2.37.